The van der Waals surface area contributed by atoms with Crippen LogP contribution in [0.4, 0.5) is 0 Å². The van der Waals surface area contributed by atoms with Gasteiger partial charge in [-0.25, -0.2) is 9.64 Å². The van der Waals surface area contributed by atoms with Crippen molar-refractivity contribution in [1.29, 1.82) is 0 Å². The van der Waals surface area contributed by atoms with E-state index in [2.05, 4.69) is 9.58 Å². The van der Waals surface area contributed by atoms with E-state index in [-0.39, 0.29) is 6.61 Å². The third kappa shape index (κ3) is 2.72. The van der Waals surface area contributed by atoms with Crippen molar-refractivity contribution in [2.24, 2.45) is 0 Å². The minimum absolute atomic E-state index is 0.149. The standard InChI is InChI=1S/C6H7NO3/c1-3-10-6(9)5(8)4-7-2/h4,8H,3H2,1H3/p-1/b5-4-. The molecule has 0 radical (unpaired) electrons. The maximum atomic E-state index is 10.4. The molecule has 0 aliphatic carbocycles. The largest absolute Gasteiger partial charge is 0.877 e. The minimum Gasteiger partial charge on any atom is -0.877 e. The molecule has 4 heteroatoms. The fraction of sp³-hybridized carbons (Fsp3) is 0.333. The molecule has 0 amide bonds. The molecule has 0 rings (SSSR count). The Kier molecular flexibility index (Phi) is 3.73. The van der Waals surface area contributed by atoms with E-state index in [0.717, 1.165) is 0 Å². The maximum absolute atomic E-state index is 10.4. The molecule has 0 aliphatic heterocycles. The summed E-state index contributed by atoms with van der Waals surface area (Å²) in [6, 6.07) is 0. The van der Waals surface area contributed by atoms with E-state index in [1.54, 1.807) is 6.92 Å². The lowest BCUT2D eigenvalue weighted by Crippen LogP contribution is -2.17. The van der Waals surface area contributed by atoms with E-state index in [9.17, 15) is 9.90 Å². The Morgan fingerprint density at radius 1 is 1.90 bits per heavy atom. The summed E-state index contributed by atoms with van der Waals surface area (Å²) in [5.41, 5.74) is 0. The summed E-state index contributed by atoms with van der Waals surface area (Å²) < 4.78 is 4.29. The van der Waals surface area contributed by atoms with Gasteiger partial charge in [-0.15, -0.1) is 0 Å². The van der Waals surface area contributed by atoms with Crippen LogP contribution in [0.3, 0.4) is 0 Å². The topological polar surface area (TPSA) is 53.7 Å². The molecule has 0 aromatic carbocycles. The summed E-state index contributed by atoms with van der Waals surface area (Å²) in [6.07, 6.45) is 0.595. The minimum atomic E-state index is -0.974. The van der Waals surface area contributed by atoms with Crippen LogP contribution in [0.5, 0.6) is 0 Å². The van der Waals surface area contributed by atoms with Crippen LogP contribution in [-0.4, -0.2) is 12.6 Å². The van der Waals surface area contributed by atoms with Crippen molar-refractivity contribution in [2.75, 3.05) is 6.61 Å². The van der Waals surface area contributed by atoms with E-state index in [1.165, 1.54) is 0 Å². The van der Waals surface area contributed by atoms with Gasteiger partial charge in [-0.3, -0.25) is 0 Å². The van der Waals surface area contributed by atoms with Crippen LogP contribution in [0.1, 0.15) is 6.92 Å². The fourth-order valence-electron chi connectivity index (χ4n) is 0.314. The molecule has 0 aromatic rings. The average Bonchev–Trinajstić information content (AvgIpc) is 1.89. The highest BCUT2D eigenvalue weighted by molar-refractivity contribution is 5.85. The van der Waals surface area contributed by atoms with Gasteiger partial charge in [0.05, 0.1) is 13.2 Å². The predicted molar refractivity (Wildman–Crippen MR) is 31.3 cm³/mol. The molecule has 0 aromatic heterocycles. The monoisotopic (exact) mass is 140 g/mol. The number of esters is 1. The lowest BCUT2D eigenvalue weighted by Gasteiger charge is -2.07. The Bertz CT molecular complexity index is 190. The third-order valence-electron chi connectivity index (χ3n) is 0.658. The highest BCUT2D eigenvalue weighted by atomic mass is 16.5. The fourth-order valence-corrected chi connectivity index (χ4v) is 0.314. The zero-order valence-electron chi connectivity index (χ0n) is 5.46. The zero-order chi connectivity index (χ0) is 7.98. The van der Waals surface area contributed by atoms with Crippen molar-refractivity contribution >= 4 is 5.97 Å². The Morgan fingerprint density at radius 2 is 2.50 bits per heavy atom. The summed E-state index contributed by atoms with van der Waals surface area (Å²) >= 11 is 0. The summed E-state index contributed by atoms with van der Waals surface area (Å²) in [6.45, 7) is 7.93. The lowest BCUT2D eigenvalue weighted by molar-refractivity contribution is -0.303. The van der Waals surface area contributed by atoms with Crippen molar-refractivity contribution in [2.45, 2.75) is 6.92 Å². The van der Waals surface area contributed by atoms with Crippen LogP contribution >= 0.6 is 0 Å². The molecule has 0 bridgehead atoms. The highest BCUT2D eigenvalue weighted by Crippen LogP contribution is 1.88. The summed E-state index contributed by atoms with van der Waals surface area (Å²) in [5, 5.41) is 10.4. The molecule has 0 aliphatic rings. The normalized spacial score (nSPS) is 10.2. The number of hydrogen-bond donors (Lipinski definition) is 0. The Labute approximate surface area is 58.5 Å². The smallest absolute Gasteiger partial charge is 0.311 e. The van der Waals surface area contributed by atoms with Crippen molar-refractivity contribution in [3.63, 3.8) is 0 Å². The first-order valence-corrected chi connectivity index (χ1v) is 2.63. The van der Waals surface area contributed by atoms with Crippen LogP contribution in [0.25, 0.3) is 4.85 Å². The van der Waals surface area contributed by atoms with E-state index >= 15 is 0 Å². The molecule has 0 atom stereocenters. The zero-order valence-corrected chi connectivity index (χ0v) is 5.46. The molecular formula is C6H6NO3-. The van der Waals surface area contributed by atoms with Crippen LogP contribution in [0, 0.1) is 6.57 Å². The summed E-state index contributed by atoms with van der Waals surface area (Å²) in [7, 11) is 0. The number of carbonyl (C=O) groups is 1. The van der Waals surface area contributed by atoms with Gasteiger partial charge in [0, 0.05) is 0 Å². The molecule has 0 N–H and O–H groups in total. The molecular weight excluding hydrogens is 134 g/mol. The van der Waals surface area contributed by atoms with Crippen LogP contribution < -0.4 is 5.11 Å². The first-order valence-electron chi connectivity index (χ1n) is 2.63. The molecule has 4 nitrogen and oxygen atoms in total. The second-order valence-corrected chi connectivity index (χ2v) is 1.34. The molecule has 10 heavy (non-hydrogen) atoms. The van der Waals surface area contributed by atoms with Gasteiger partial charge in [-0.2, -0.15) is 0 Å². The SMILES string of the molecule is [C-]#[N+]/C=C(\[O-])C(=O)OCC. The molecule has 0 saturated heterocycles. The van der Waals surface area contributed by atoms with Crippen molar-refractivity contribution in [3.8, 4) is 0 Å². The molecule has 0 saturated carbocycles. The molecule has 54 valence electrons. The first-order chi connectivity index (χ1) is 4.72. The molecule has 0 fully saturated rings. The number of carbonyl (C=O) groups excluding carboxylic acids is 1. The third-order valence-corrected chi connectivity index (χ3v) is 0.658. The average molecular weight is 140 g/mol. The van der Waals surface area contributed by atoms with Gasteiger partial charge in [0.15, 0.2) is 6.20 Å². The maximum Gasteiger partial charge on any atom is 0.311 e. The van der Waals surface area contributed by atoms with Gasteiger partial charge in [0.25, 0.3) is 0 Å². The van der Waals surface area contributed by atoms with Gasteiger partial charge >= 0.3 is 5.97 Å². The quantitative estimate of drug-likeness (QED) is 0.228. The summed E-state index contributed by atoms with van der Waals surface area (Å²) in [5.74, 6) is -1.88. The van der Waals surface area contributed by atoms with Crippen molar-refractivity contribution < 1.29 is 14.6 Å². The van der Waals surface area contributed by atoms with Gasteiger partial charge in [-0.1, -0.05) is 0 Å². The number of hydrogen-bond acceptors (Lipinski definition) is 3. The first kappa shape index (κ1) is 8.50. The second-order valence-electron chi connectivity index (χ2n) is 1.34. The molecule has 0 spiro atoms. The van der Waals surface area contributed by atoms with E-state index in [0.29, 0.717) is 6.20 Å². The second kappa shape index (κ2) is 4.39. The van der Waals surface area contributed by atoms with E-state index < -0.39 is 11.7 Å². The van der Waals surface area contributed by atoms with Crippen LogP contribution in [0.2, 0.25) is 0 Å². The lowest BCUT2D eigenvalue weighted by atomic mass is 10.5. The Hall–Kier alpha value is -1.50. The van der Waals surface area contributed by atoms with E-state index in [4.69, 9.17) is 6.57 Å². The van der Waals surface area contributed by atoms with Crippen LogP contribution in [-0.2, 0) is 9.53 Å². The van der Waals surface area contributed by atoms with Crippen LogP contribution in [0.15, 0.2) is 12.0 Å². The molecule has 0 heterocycles. The van der Waals surface area contributed by atoms with Gasteiger partial charge in [-0.05, 0) is 12.7 Å². The Balaban J connectivity index is 3.98. The van der Waals surface area contributed by atoms with Crippen molar-refractivity contribution in [1.82, 2.24) is 0 Å². The van der Waals surface area contributed by atoms with Gasteiger partial charge in [0.1, 0.15) is 0 Å². The highest BCUT2D eigenvalue weighted by Gasteiger charge is 1.95. The van der Waals surface area contributed by atoms with Crippen molar-refractivity contribution in [3.05, 3.63) is 23.4 Å². The van der Waals surface area contributed by atoms with E-state index in [1.807, 2.05) is 0 Å². The predicted octanol–water partition coefficient (Wildman–Crippen LogP) is -0.330. The Morgan fingerprint density at radius 3 is 2.90 bits per heavy atom. The number of ether oxygens (including phenoxy) is 1. The number of nitrogens with zero attached hydrogens (tertiary/aromatic N) is 1. The summed E-state index contributed by atoms with van der Waals surface area (Å²) in [4.78, 5) is 13.0. The number of rotatable bonds is 2. The van der Waals surface area contributed by atoms with Gasteiger partial charge in [0.2, 0.25) is 0 Å². The molecule has 0 unspecified atom stereocenters. The van der Waals surface area contributed by atoms with Gasteiger partial charge < -0.3 is 9.84 Å².